The normalized spacial score (nSPS) is 19.1. The van der Waals surface area contributed by atoms with E-state index in [2.05, 4.69) is 9.97 Å². The zero-order valence-electron chi connectivity index (χ0n) is 28.2. The Hall–Kier alpha value is -4.88. The van der Waals surface area contributed by atoms with Crippen molar-refractivity contribution in [2.45, 2.75) is 44.2 Å². The van der Waals surface area contributed by atoms with E-state index in [1.165, 1.54) is 24.1 Å². The van der Waals surface area contributed by atoms with Gasteiger partial charge >= 0.3 is 0 Å². The first-order chi connectivity index (χ1) is 24.0. The van der Waals surface area contributed by atoms with Gasteiger partial charge in [-0.25, -0.2) is 14.4 Å². The number of aryl methyl sites for hydroxylation is 2. The van der Waals surface area contributed by atoms with Crippen LogP contribution in [0, 0.1) is 18.7 Å². The minimum Gasteiger partial charge on any atom is -0.481 e. The molecule has 2 aliphatic rings. The number of thiophene rings is 1. The Morgan fingerprint density at radius 3 is 2.58 bits per heavy atom. The minimum atomic E-state index is -1.16. The average Bonchev–Trinajstić information content (AvgIpc) is 3.71. The number of aromatic nitrogens is 4. The summed E-state index contributed by atoms with van der Waals surface area (Å²) >= 11 is 1.10. The summed E-state index contributed by atoms with van der Waals surface area (Å²) in [6.45, 7) is 3.18. The summed E-state index contributed by atoms with van der Waals surface area (Å²) in [5, 5.41) is 12.0. The number of hydrogen-bond acceptors (Lipinski definition) is 8. The van der Waals surface area contributed by atoms with Crippen LogP contribution >= 0.6 is 11.3 Å². The lowest BCUT2D eigenvalue weighted by atomic mass is 9.79. The molecule has 13 heteroatoms. The molecule has 6 heterocycles. The fourth-order valence-corrected chi connectivity index (χ4v) is 8.29. The Morgan fingerprint density at radius 2 is 1.84 bits per heavy atom. The highest BCUT2D eigenvalue weighted by Gasteiger charge is 2.42. The molecule has 1 aromatic carbocycles. The molecule has 0 saturated carbocycles. The van der Waals surface area contributed by atoms with Gasteiger partial charge < -0.3 is 24.2 Å². The first-order valence-corrected chi connectivity index (χ1v) is 17.5. The summed E-state index contributed by atoms with van der Waals surface area (Å²) in [5.41, 5.74) is 1.59. The second-order valence-corrected chi connectivity index (χ2v) is 14.4. The van der Waals surface area contributed by atoms with Crippen molar-refractivity contribution >= 4 is 34.2 Å². The predicted molar refractivity (Wildman–Crippen MR) is 188 cm³/mol. The van der Waals surface area contributed by atoms with Crippen LogP contribution in [0.25, 0.3) is 21.5 Å². The molecule has 0 aliphatic carbocycles. The number of ether oxygens (including phenoxy) is 1. The number of halogens is 1. The van der Waals surface area contributed by atoms with E-state index in [1.807, 2.05) is 50.4 Å². The van der Waals surface area contributed by atoms with E-state index in [0.717, 1.165) is 28.2 Å². The number of carbonyl (C=O) groups is 2. The van der Waals surface area contributed by atoms with Gasteiger partial charge in [0.05, 0.1) is 24.6 Å². The maximum absolute atomic E-state index is 15.4. The van der Waals surface area contributed by atoms with Crippen molar-refractivity contribution in [3.05, 3.63) is 99.4 Å². The lowest BCUT2D eigenvalue weighted by Crippen LogP contribution is -2.53. The van der Waals surface area contributed by atoms with E-state index in [0.29, 0.717) is 60.7 Å². The van der Waals surface area contributed by atoms with E-state index >= 15 is 4.39 Å². The molecule has 5 aromatic rings. The Kier molecular flexibility index (Phi) is 9.04. The molecule has 0 radical (unpaired) electrons. The number of likely N-dealkylation sites (tertiary alicyclic amines) is 2. The van der Waals surface area contributed by atoms with Crippen LogP contribution in [0.15, 0.2) is 71.9 Å². The van der Waals surface area contributed by atoms with Gasteiger partial charge in [-0.3, -0.25) is 19.0 Å². The number of hydrogen-bond donors (Lipinski definition) is 1. The smallest absolute Gasteiger partial charge is 0.266 e. The van der Waals surface area contributed by atoms with Gasteiger partial charge in [-0.05, 0) is 55.5 Å². The number of methoxy groups -OCH3 is 1. The molecule has 4 aromatic heterocycles. The molecule has 2 atom stereocenters. The standard InChI is InChI=1S/C37H39FN6O5S/c1-23-17-25(18-31(40-23)49-3)30-19-29(38)32(50-30)36(47)43-14-10-26(28(20-43)24-7-5-4-6-8-24)34(45)42-15-11-37(48,12-16-42)21-44-22-39-33-27(35(44)46)9-13-41(33)2/h4-9,13,17-19,22,26,28,48H,10-12,14-16,20-21H2,1-3H3/t26-,28+/m1/s1. The number of pyridine rings is 1. The molecule has 2 saturated heterocycles. The molecule has 50 heavy (non-hydrogen) atoms. The molecule has 0 bridgehead atoms. The number of piperidine rings is 2. The molecule has 7 rings (SSSR count). The van der Waals surface area contributed by atoms with Gasteiger partial charge in [0.15, 0.2) is 0 Å². The summed E-state index contributed by atoms with van der Waals surface area (Å²) in [7, 11) is 3.35. The van der Waals surface area contributed by atoms with Crippen molar-refractivity contribution in [3.63, 3.8) is 0 Å². The molecule has 1 N–H and O–H groups in total. The molecule has 2 aliphatic heterocycles. The number of aliphatic hydroxyl groups is 1. The summed E-state index contributed by atoms with van der Waals surface area (Å²) in [4.78, 5) is 53.8. The zero-order chi connectivity index (χ0) is 35.2. The number of rotatable bonds is 7. The first kappa shape index (κ1) is 33.6. The fourth-order valence-electron chi connectivity index (χ4n) is 7.30. The number of amides is 2. The van der Waals surface area contributed by atoms with Crippen molar-refractivity contribution in [1.29, 1.82) is 0 Å². The van der Waals surface area contributed by atoms with Crippen molar-refractivity contribution in [2.75, 3.05) is 33.3 Å². The van der Waals surface area contributed by atoms with Gasteiger partial charge in [0.1, 0.15) is 22.7 Å². The van der Waals surface area contributed by atoms with Crippen LogP contribution in [0.3, 0.4) is 0 Å². The molecular formula is C37H39FN6O5S. The van der Waals surface area contributed by atoms with Gasteiger partial charge in [0.2, 0.25) is 11.8 Å². The molecule has 2 amide bonds. The maximum atomic E-state index is 15.4. The van der Waals surface area contributed by atoms with Crippen LogP contribution in [0.1, 0.15) is 46.1 Å². The molecule has 11 nitrogen and oxygen atoms in total. The summed E-state index contributed by atoms with van der Waals surface area (Å²) in [5.74, 6) is -1.28. The first-order valence-electron chi connectivity index (χ1n) is 16.7. The van der Waals surface area contributed by atoms with Gasteiger partial charge in [-0.1, -0.05) is 30.3 Å². The SMILES string of the molecule is COc1cc(-c2cc(F)c(C(=O)N3CC[C@@H](C(=O)N4CCC(O)(Cn5cnc6c(ccn6C)c5=O)CC4)[C@H](c4ccccc4)C3)s2)cc(C)n1. The topological polar surface area (TPSA) is 123 Å². The van der Waals surface area contributed by atoms with Gasteiger partial charge in [0, 0.05) is 67.9 Å². The third-order valence-electron chi connectivity index (χ3n) is 10.1. The Bertz CT molecular complexity index is 2120. The van der Waals surface area contributed by atoms with E-state index < -0.39 is 23.2 Å². The van der Waals surface area contributed by atoms with Crippen LogP contribution in [-0.4, -0.2) is 84.7 Å². The zero-order valence-corrected chi connectivity index (χ0v) is 29.0. The van der Waals surface area contributed by atoms with Crippen molar-refractivity contribution < 1.29 is 23.8 Å². The highest BCUT2D eigenvalue weighted by molar-refractivity contribution is 7.17. The molecule has 0 unspecified atom stereocenters. The highest BCUT2D eigenvalue weighted by Crippen LogP contribution is 2.38. The van der Waals surface area contributed by atoms with Gasteiger partial charge in [0.25, 0.3) is 11.5 Å². The van der Waals surface area contributed by atoms with Crippen LogP contribution < -0.4 is 10.3 Å². The van der Waals surface area contributed by atoms with Crippen LogP contribution in [0.5, 0.6) is 5.88 Å². The Labute approximate surface area is 292 Å². The van der Waals surface area contributed by atoms with Crippen LogP contribution in [0.4, 0.5) is 4.39 Å². The molecule has 0 spiro atoms. The average molecular weight is 699 g/mol. The quantitative estimate of drug-likeness (QED) is 0.264. The van der Waals surface area contributed by atoms with E-state index in [1.54, 1.807) is 32.7 Å². The van der Waals surface area contributed by atoms with Crippen LogP contribution in [-0.2, 0) is 18.4 Å². The lowest BCUT2D eigenvalue weighted by Gasteiger charge is -2.43. The Morgan fingerprint density at radius 1 is 1.08 bits per heavy atom. The van der Waals surface area contributed by atoms with Crippen LogP contribution in [0.2, 0.25) is 0 Å². The van der Waals surface area contributed by atoms with Crippen molar-refractivity contribution in [2.24, 2.45) is 13.0 Å². The largest absolute Gasteiger partial charge is 0.481 e. The predicted octanol–water partition coefficient (Wildman–Crippen LogP) is 4.61. The second kappa shape index (κ2) is 13.4. The maximum Gasteiger partial charge on any atom is 0.266 e. The number of carbonyl (C=O) groups excluding carboxylic acids is 2. The van der Waals surface area contributed by atoms with E-state index in [4.69, 9.17) is 4.74 Å². The number of benzene rings is 1. The second-order valence-electron chi connectivity index (χ2n) is 13.4. The number of nitrogens with zero attached hydrogens (tertiary/aromatic N) is 6. The number of fused-ring (bicyclic) bond motifs is 1. The van der Waals surface area contributed by atoms with Crippen molar-refractivity contribution in [1.82, 2.24) is 28.9 Å². The summed E-state index contributed by atoms with van der Waals surface area (Å²) < 4.78 is 23.9. The molecule has 2 fully saturated rings. The summed E-state index contributed by atoms with van der Waals surface area (Å²) in [6.07, 6.45) is 4.30. The Balaban J connectivity index is 1.06. The molecular weight excluding hydrogens is 660 g/mol. The lowest BCUT2D eigenvalue weighted by molar-refractivity contribution is -0.142. The monoisotopic (exact) mass is 698 g/mol. The minimum absolute atomic E-state index is 0.0239. The summed E-state index contributed by atoms with van der Waals surface area (Å²) in [6, 6.07) is 16.3. The molecule has 260 valence electrons. The highest BCUT2D eigenvalue weighted by atomic mass is 32.1. The third-order valence-corrected chi connectivity index (χ3v) is 11.2. The third kappa shape index (κ3) is 6.42. The van der Waals surface area contributed by atoms with E-state index in [9.17, 15) is 19.5 Å². The fraction of sp³-hybridized carbons (Fsp3) is 0.378. The van der Waals surface area contributed by atoms with E-state index in [-0.39, 0.29) is 35.4 Å². The van der Waals surface area contributed by atoms with Gasteiger partial charge in [-0.15, -0.1) is 11.3 Å². The van der Waals surface area contributed by atoms with Gasteiger partial charge in [-0.2, -0.15) is 0 Å². The van der Waals surface area contributed by atoms with Crippen molar-refractivity contribution in [3.8, 4) is 16.3 Å².